The molecule has 0 aromatic heterocycles. The van der Waals surface area contributed by atoms with Gasteiger partial charge in [0, 0.05) is 17.3 Å². The van der Waals surface area contributed by atoms with Gasteiger partial charge in [-0.1, -0.05) is 0 Å². The van der Waals surface area contributed by atoms with E-state index in [9.17, 15) is 14.8 Å². The van der Waals surface area contributed by atoms with Gasteiger partial charge in [-0.3, -0.25) is 0 Å². The van der Waals surface area contributed by atoms with Crippen LogP contribution in [0.2, 0.25) is 0 Å². The highest BCUT2D eigenvalue weighted by Crippen LogP contribution is 2.30. The minimum absolute atomic E-state index is 0.225. The zero-order chi connectivity index (χ0) is 20.1. The third kappa shape index (κ3) is 7.53. The van der Waals surface area contributed by atoms with E-state index >= 15 is 0 Å². The molecule has 9 nitrogen and oxygen atoms in total. The normalized spacial score (nSPS) is 9.59. The van der Waals surface area contributed by atoms with E-state index in [1.807, 2.05) is 0 Å². The first-order valence-corrected chi connectivity index (χ1v) is 9.13. The molecule has 0 atom stereocenters. The van der Waals surface area contributed by atoms with Gasteiger partial charge in [-0.05, 0) is 24.3 Å². The van der Waals surface area contributed by atoms with Crippen molar-refractivity contribution < 1.29 is 28.5 Å². The van der Waals surface area contributed by atoms with E-state index in [4.69, 9.17) is 14.2 Å². The SMILES string of the molecule is COC(=O)NCCCSCCOC(=O)c1cc(OC)c(C#[N+][O-])c(OC)c1. The Morgan fingerprint density at radius 3 is 2.41 bits per heavy atom. The molecular weight excluding hydrogens is 376 g/mol. The van der Waals surface area contributed by atoms with Crippen molar-refractivity contribution in [2.24, 2.45) is 0 Å². The number of methoxy groups -OCH3 is 3. The van der Waals surface area contributed by atoms with Crippen LogP contribution >= 0.6 is 11.8 Å². The summed E-state index contributed by atoms with van der Waals surface area (Å²) in [7, 11) is 4.10. The van der Waals surface area contributed by atoms with Crippen LogP contribution in [-0.4, -0.2) is 58.0 Å². The average Bonchev–Trinajstić information content (AvgIpc) is 2.69. The fourth-order valence-electron chi connectivity index (χ4n) is 2.00. The summed E-state index contributed by atoms with van der Waals surface area (Å²) in [6.07, 6.45) is 0.325. The number of hydrogen-bond acceptors (Lipinski definition) is 8. The molecule has 0 aliphatic rings. The fraction of sp³-hybridized carbons (Fsp3) is 0.471. The van der Waals surface area contributed by atoms with E-state index in [1.165, 1.54) is 33.5 Å². The van der Waals surface area contributed by atoms with E-state index in [2.05, 4.69) is 21.1 Å². The zero-order valence-electron chi connectivity index (χ0n) is 15.4. The number of carbonyl (C=O) groups is 2. The van der Waals surface area contributed by atoms with Crippen molar-refractivity contribution in [1.29, 1.82) is 0 Å². The van der Waals surface area contributed by atoms with Gasteiger partial charge in [0.25, 0.3) is 0 Å². The minimum Gasteiger partial charge on any atom is -0.498 e. The summed E-state index contributed by atoms with van der Waals surface area (Å²) in [6, 6.07) is 5.10. The number of amides is 1. The molecule has 1 aromatic carbocycles. The summed E-state index contributed by atoms with van der Waals surface area (Å²) < 4.78 is 20.0. The number of nitrogens with one attached hydrogen (secondary N) is 1. The van der Waals surface area contributed by atoms with E-state index in [0.29, 0.717) is 12.3 Å². The summed E-state index contributed by atoms with van der Waals surface area (Å²) >= 11 is 1.60. The van der Waals surface area contributed by atoms with Crippen molar-refractivity contribution in [3.63, 3.8) is 0 Å². The van der Waals surface area contributed by atoms with Gasteiger partial charge in [-0.2, -0.15) is 11.8 Å². The Balaban J connectivity index is 2.46. The molecule has 1 rings (SSSR count). The molecule has 0 saturated heterocycles. The number of carbonyl (C=O) groups excluding carboxylic acids is 2. The van der Waals surface area contributed by atoms with Crippen molar-refractivity contribution >= 4 is 23.8 Å². The second-order valence-electron chi connectivity index (χ2n) is 4.98. The number of thioether (sulfide) groups is 1. The van der Waals surface area contributed by atoms with Crippen LogP contribution < -0.4 is 14.8 Å². The number of rotatable bonds is 10. The molecule has 0 heterocycles. The Bertz CT molecular complexity index is 675. The van der Waals surface area contributed by atoms with Crippen molar-refractivity contribution in [2.75, 3.05) is 46.0 Å². The lowest BCUT2D eigenvalue weighted by Crippen LogP contribution is -2.24. The average molecular weight is 398 g/mol. The first-order chi connectivity index (χ1) is 13.1. The maximum Gasteiger partial charge on any atom is 0.406 e. The molecular formula is C17H22N2O7S. The molecule has 0 spiro atoms. The molecule has 0 saturated carbocycles. The molecule has 0 fully saturated rings. The summed E-state index contributed by atoms with van der Waals surface area (Å²) in [5, 5.41) is 15.6. The standard InChI is InChI=1S/C17H22N2O7S/c1-23-14-9-12(10-15(24-2)13(14)11-19-22)16(20)26-6-8-27-7-4-5-18-17(21)25-3/h9-10H,4-8H2,1-3H3,(H,18,21). The van der Waals surface area contributed by atoms with E-state index in [0.717, 1.165) is 12.2 Å². The van der Waals surface area contributed by atoms with Crippen LogP contribution in [0.4, 0.5) is 4.79 Å². The third-order valence-corrected chi connectivity index (χ3v) is 4.31. The van der Waals surface area contributed by atoms with Crippen molar-refractivity contribution in [3.8, 4) is 17.6 Å². The lowest BCUT2D eigenvalue weighted by molar-refractivity contribution is 0.0529. The predicted molar refractivity (Wildman–Crippen MR) is 102 cm³/mol. The van der Waals surface area contributed by atoms with Gasteiger partial charge in [-0.15, -0.1) is 0 Å². The smallest absolute Gasteiger partial charge is 0.406 e. The highest BCUT2D eigenvalue weighted by molar-refractivity contribution is 7.99. The first kappa shape index (κ1) is 22.2. The lowest BCUT2D eigenvalue weighted by Gasteiger charge is -2.10. The van der Waals surface area contributed by atoms with Gasteiger partial charge in [0.1, 0.15) is 18.1 Å². The molecule has 0 aliphatic carbocycles. The number of ether oxygens (including phenoxy) is 4. The van der Waals surface area contributed by atoms with Gasteiger partial charge in [0.2, 0.25) is 0 Å². The minimum atomic E-state index is -0.537. The van der Waals surface area contributed by atoms with Crippen LogP contribution in [0.25, 0.3) is 5.01 Å². The summed E-state index contributed by atoms with van der Waals surface area (Å²) in [5.41, 5.74) is 0.454. The van der Waals surface area contributed by atoms with Crippen LogP contribution in [0.15, 0.2) is 12.1 Å². The van der Waals surface area contributed by atoms with Gasteiger partial charge >= 0.3 is 18.1 Å². The van der Waals surface area contributed by atoms with Crippen LogP contribution in [0.3, 0.4) is 0 Å². The number of esters is 1. The zero-order valence-corrected chi connectivity index (χ0v) is 16.2. The van der Waals surface area contributed by atoms with Gasteiger partial charge in [-0.25, -0.2) is 9.59 Å². The maximum absolute atomic E-state index is 12.2. The Labute approximate surface area is 161 Å². The molecule has 0 radical (unpaired) electrons. The Morgan fingerprint density at radius 2 is 1.85 bits per heavy atom. The monoisotopic (exact) mass is 398 g/mol. The van der Waals surface area contributed by atoms with Crippen LogP contribution in [0.5, 0.6) is 11.5 Å². The fourth-order valence-corrected chi connectivity index (χ4v) is 2.75. The summed E-state index contributed by atoms with van der Waals surface area (Å²) in [4.78, 5) is 23.0. The van der Waals surface area contributed by atoms with E-state index in [1.54, 1.807) is 11.8 Å². The van der Waals surface area contributed by atoms with Crippen molar-refractivity contribution in [1.82, 2.24) is 5.32 Å². The summed E-state index contributed by atoms with van der Waals surface area (Å²) in [5.74, 6) is 1.35. The van der Waals surface area contributed by atoms with Gasteiger partial charge in [0.05, 0.1) is 26.9 Å². The number of nitrogens with zero attached hydrogens (tertiary/aromatic N) is 1. The number of hydrogen-bond donors (Lipinski definition) is 1. The highest BCUT2D eigenvalue weighted by atomic mass is 32.2. The third-order valence-electron chi connectivity index (χ3n) is 3.28. The van der Waals surface area contributed by atoms with E-state index in [-0.39, 0.29) is 29.2 Å². The summed E-state index contributed by atoms with van der Waals surface area (Å²) in [6.45, 7) is 0.754. The molecule has 148 valence electrons. The highest BCUT2D eigenvalue weighted by Gasteiger charge is 2.19. The largest absolute Gasteiger partial charge is 0.498 e. The maximum atomic E-state index is 12.2. The quantitative estimate of drug-likeness (QED) is 0.364. The van der Waals surface area contributed by atoms with Crippen molar-refractivity contribution in [2.45, 2.75) is 6.42 Å². The second kappa shape index (κ2) is 12.5. The molecule has 0 unspecified atom stereocenters. The van der Waals surface area contributed by atoms with E-state index < -0.39 is 12.1 Å². The van der Waals surface area contributed by atoms with Gasteiger partial charge in [0.15, 0.2) is 5.56 Å². The predicted octanol–water partition coefficient (Wildman–Crippen LogP) is 2.52. The van der Waals surface area contributed by atoms with Crippen LogP contribution in [0.1, 0.15) is 22.3 Å². The molecule has 1 amide bonds. The van der Waals surface area contributed by atoms with Crippen LogP contribution in [0, 0.1) is 11.3 Å². The number of benzene rings is 1. The first-order valence-electron chi connectivity index (χ1n) is 7.98. The molecule has 27 heavy (non-hydrogen) atoms. The topological polar surface area (TPSA) is 111 Å². The lowest BCUT2D eigenvalue weighted by atomic mass is 10.1. The Kier molecular flexibility index (Phi) is 10.3. The molecule has 1 N–H and O–H groups in total. The van der Waals surface area contributed by atoms with Crippen LogP contribution in [-0.2, 0) is 9.47 Å². The van der Waals surface area contributed by atoms with Crippen molar-refractivity contribution in [3.05, 3.63) is 33.5 Å². The molecule has 0 bridgehead atoms. The van der Waals surface area contributed by atoms with Gasteiger partial charge < -0.3 is 29.5 Å². The molecule has 1 aromatic rings. The number of alkyl carbamates (subject to hydrolysis) is 1. The Morgan fingerprint density at radius 1 is 1.19 bits per heavy atom. The molecule has 0 aliphatic heterocycles. The Hall–Kier alpha value is -2.80. The second-order valence-corrected chi connectivity index (χ2v) is 6.20. The molecule has 10 heteroatoms.